The number of hydrogen-bond donors (Lipinski definition) is 2. The molecule has 92 valence electrons. The average Bonchev–Trinajstić information content (AvgIpc) is 2.67. The lowest BCUT2D eigenvalue weighted by Gasteiger charge is -2.11. The van der Waals surface area contributed by atoms with Crippen molar-refractivity contribution in [2.75, 3.05) is 13.1 Å². The fourth-order valence-electron chi connectivity index (χ4n) is 4.35. The van der Waals surface area contributed by atoms with Crippen molar-refractivity contribution in [2.24, 2.45) is 23.7 Å². The molecule has 4 atom stereocenters. The van der Waals surface area contributed by atoms with Gasteiger partial charge in [-0.3, -0.25) is 0 Å². The zero-order chi connectivity index (χ0) is 11.1. The quantitative estimate of drug-likeness (QED) is 0.672. The Bertz CT molecular complexity index is 235. The first kappa shape index (κ1) is 11.0. The summed E-state index contributed by atoms with van der Waals surface area (Å²) < 4.78 is 0. The third kappa shape index (κ3) is 1.91. The van der Waals surface area contributed by atoms with Gasteiger partial charge < -0.3 is 10.6 Å². The van der Waals surface area contributed by atoms with E-state index in [1.165, 1.54) is 19.5 Å². The number of nitrogens with one attached hydrogen (secondary N) is 2. The Labute approximate surface area is 99.6 Å². The Morgan fingerprint density at radius 2 is 1.75 bits per heavy atom. The maximum Gasteiger partial charge on any atom is 0.0136 e. The average molecular weight is 222 g/mol. The second-order valence-electron chi connectivity index (χ2n) is 6.43. The van der Waals surface area contributed by atoms with Crippen molar-refractivity contribution in [2.45, 2.75) is 51.6 Å². The van der Waals surface area contributed by atoms with E-state index in [0.717, 1.165) is 29.7 Å². The van der Waals surface area contributed by atoms with Crippen LogP contribution in [-0.4, -0.2) is 25.2 Å². The van der Waals surface area contributed by atoms with Crippen molar-refractivity contribution in [3.05, 3.63) is 0 Å². The summed E-state index contributed by atoms with van der Waals surface area (Å²) in [5.74, 6) is 4.41. The molecular weight excluding hydrogens is 196 g/mol. The van der Waals surface area contributed by atoms with Crippen LogP contribution in [0.15, 0.2) is 0 Å². The topological polar surface area (TPSA) is 24.1 Å². The number of rotatable bonds is 6. The van der Waals surface area contributed by atoms with Gasteiger partial charge in [-0.1, -0.05) is 13.8 Å². The lowest BCUT2D eigenvalue weighted by Crippen LogP contribution is -2.29. The molecule has 0 heterocycles. The van der Waals surface area contributed by atoms with Crippen LogP contribution in [-0.2, 0) is 0 Å². The Morgan fingerprint density at radius 1 is 1.06 bits per heavy atom. The summed E-state index contributed by atoms with van der Waals surface area (Å²) in [5, 5.41) is 7.27. The van der Waals surface area contributed by atoms with Crippen LogP contribution < -0.4 is 10.6 Å². The highest BCUT2D eigenvalue weighted by atomic mass is 15.0. The minimum Gasteiger partial charge on any atom is -0.314 e. The SMILES string of the molecule is CC(C)NCCCNC1C2C3CCC(C3)C12. The van der Waals surface area contributed by atoms with Crippen molar-refractivity contribution in [1.82, 2.24) is 10.6 Å². The van der Waals surface area contributed by atoms with Gasteiger partial charge in [0.25, 0.3) is 0 Å². The predicted molar refractivity (Wildman–Crippen MR) is 67.4 cm³/mol. The first-order chi connectivity index (χ1) is 7.77. The summed E-state index contributed by atoms with van der Waals surface area (Å²) in [4.78, 5) is 0. The van der Waals surface area contributed by atoms with Crippen molar-refractivity contribution in [3.8, 4) is 0 Å². The van der Waals surface area contributed by atoms with E-state index in [-0.39, 0.29) is 0 Å². The van der Waals surface area contributed by atoms with Crippen LogP contribution in [0, 0.1) is 23.7 Å². The second-order valence-corrected chi connectivity index (χ2v) is 6.43. The predicted octanol–water partition coefficient (Wildman–Crippen LogP) is 2.01. The van der Waals surface area contributed by atoms with Gasteiger partial charge in [-0.25, -0.2) is 0 Å². The molecule has 0 aromatic carbocycles. The molecule has 2 N–H and O–H groups in total. The summed E-state index contributed by atoms with van der Waals surface area (Å²) >= 11 is 0. The Balaban J connectivity index is 1.31. The van der Waals surface area contributed by atoms with Crippen molar-refractivity contribution < 1.29 is 0 Å². The van der Waals surface area contributed by atoms with Gasteiger partial charge in [0.1, 0.15) is 0 Å². The summed E-state index contributed by atoms with van der Waals surface area (Å²) in [6.45, 7) is 6.82. The minimum absolute atomic E-state index is 0.635. The van der Waals surface area contributed by atoms with Crippen LogP contribution in [0.4, 0.5) is 0 Å². The summed E-state index contributed by atoms with van der Waals surface area (Å²) in [7, 11) is 0. The molecule has 3 rings (SSSR count). The lowest BCUT2D eigenvalue weighted by atomic mass is 10.0. The van der Waals surface area contributed by atoms with E-state index in [4.69, 9.17) is 0 Å². The zero-order valence-corrected chi connectivity index (χ0v) is 10.7. The molecule has 16 heavy (non-hydrogen) atoms. The van der Waals surface area contributed by atoms with Crippen molar-refractivity contribution >= 4 is 0 Å². The molecule has 0 amide bonds. The molecule has 0 aromatic heterocycles. The van der Waals surface area contributed by atoms with Crippen molar-refractivity contribution in [1.29, 1.82) is 0 Å². The third-order valence-electron chi connectivity index (χ3n) is 5.02. The highest BCUT2D eigenvalue weighted by molar-refractivity contribution is 5.16. The molecule has 0 spiro atoms. The van der Waals surface area contributed by atoms with E-state index < -0.39 is 0 Å². The molecule has 2 bridgehead atoms. The van der Waals surface area contributed by atoms with Gasteiger partial charge in [-0.2, -0.15) is 0 Å². The van der Waals surface area contributed by atoms with E-state index in [0.29, 0.717) is 6.04 Å². The molecule has 0 aliphatic heterocycles. The van der Waals surface area contributed by atoms with Gasteiger partial charge in [-0.05, 0) is 62.4 Å². The van der Waals surface area contributed by atoms with E-state index in [2.05, 4.69) is 24.5 Å². The zero-order valence-electron chi connectivity index (χ0n) is 10.7. The molecule has 4 unspecified atom stereocenters. The summed E-state index contributed by atoms with van der Waals surface area (Å²) in [5.41, 5.74) is 0. The van der Waals surface area contributed by atoms with Crippen LogP contribution in [0.3, 0.4) is 0 Å². The van der Waals surface area contributed by atoms with E-state index in [9.17, 15) is 0 Å². The van der Waals surface area contributed by atoms with E-state index in [1.807, 2.05) is 0 Å². The molecule has 0 aromatic rings. The molecule has 3 aliphatic carbocycles. The smallest absolute Gasteiger partial charge is 0.0136 e. The van der Waals surface area contributed by atoms with Crippen LogP contribution >= 0.6 is 0 Å². The molecule has 2 heteroatoms. The summed E-state index contributed by atoms with van der Waals surface area (Å²) in [6, 6.07) is 1.56. The maximum atomic E-state index is 3.79. The van der Waals surface area contributed by atoms with Gasteiger partial charge in [-0.15, -0.1) is 0 Å². The molecular formula is C14H26N2. The molecule has 3 saturated carbocycles. The normalized spacial score (nSPS) is 44.1. The fraction of sp³-hybridized carbons (Fsp3) is 1.00. The molecule has 3 fully saturated rings. The van der Waals surface area contributed by atoms with Crippen LogP contribution in [0.2, 0.25) is 0 Å². The lowest BCUT2D eigenvalue weighted by molar-refractivity contribution is 0.454. The second kappa shape index (κ2) is 4.30. The third-order valence-corrected chi connectivity index (χ3v) is 5.02. The van der Waals surface area contributed by atoms with E-state index >= 15 is 0 Å². The first-order valence-electron chi connectivity index (χ1n) is 7.24. The minimum atomic E-state index is 0.635. The van der Waals surface area contributed by atoms with E-state index in [1.54, 1.807) is 19.3 Å². The largest absolute Gasteiger partial charge is 0.314 e. The van der Waals surface area contributed by atoms with Gasteiger partial charge in [0, 0.05) is 12.1 Å². The molecule has 2 nitrogen and oxygen atoms in total. The standard InChI is InChI=1S/C14H26N2/c1-9(2)15-6-3-7-16-14-12-10-4-5-11(8-10)13(12)14/h9-16H,3-8H2,1-2H3. The Morgan fingerprint density at radius 3 is 2.38 bits per heavy atom. The Kier molecular flexibility index (Phi) is 2.97. The Hall–Kier alpha value is -0.0800. The first-order valence-corrected chi connectivity index (χ1v) is 7.24. The fourth-order valence-corrected chi connectivity index (χ4v) is 4.35. The molecule has 0 saturated heterocycles. The van der Waals surface area contributed by atoms with Gasteiger partial charge in [0.2, 0.25) is 0 Å². The molecule has 3 aliphatic rings. The highest BCUT2D eigenvalue weighted by Gasteiger charge is 2.64. The number of hydrogen-bond acceptors (Lipinski definition) is 2. The monoisotopic (exact) mass is 222 g/mol. The highest BCUT2D eigenvalue weighted by Crippen LogP contribution is 2.65. The van der Waals surface area contributed by atoms with Crippen LogP contribution in [0.5, 0.6) is 0 Å². The van der Waals surface area contributed by atoms with Crippen LogP contribution in [0.25, 0.3) is 0 Å². The van der Waals surface area contributed by atoms with Gasteiger partial charge in [0.05, 0.1) is 0 Å². The maximum absolute atomic E-state index is 3.79. The summed E-state index contributed by atoms with van der Waals surface area (Å²) in [6.07, 6.45) is 5.93. The number of fused-ring (bicyclic) bond motifs is 5. The van der Waals surface area contributed by atoms with Crippen molar-refractivity contribution in [3.63, 3.8) is 0 Å². The van der Waals surface area contributed by atoms with Crippen LogP contribution in [0.1, 0.15) is 39.5 Å². The van der Waals surface area contributed by atoms with Gasteiger partial charge in [0.15, 0.2) is 0 Å². The molecule has 0 radical (unpaired) electrons. The van der Waals surface area contributed by atoms with Gasteiger partial charge >= 0.3 is 0 Å².